The van der Waals surface area contributed by atoms with Gasteiger partial charge in [0.15, 0.2) is 11.7 Å². The molecule has 2 aromatic carbocycles. The molecular formula is C24H26N4O2. The topological polar surface area (TPSA) is 79.1 Å². The Bertz CT molecular complexity index is 1030. The molecule has 0 spiro atoms. The zero-order chi connectivity index (χ0) is 21.3. The number of para-hydroxylation sites is 2. The van der Waals surface area contributed by atoms with E-state index in [0.29, 0.717) is 36.7 Å². The van der Waals surface area contributed by atoms with Gasteiger partial charge in [-0.3, -0.25) is 4.79 Å². The summed E-state index contributed by atoms with van der Waals surface area (Å²) in [5.74, 6) is -1.16. The SMILES string of the molecule is CCCCOC(=O)[C@@H](C#N)c1nc2ccccc2nc1N(CC)Cc1ccccc1. The number of anilines is 1. The van der Waals surface area contributed by atoms with Gasteiger partial charge >= 0.3 is 5.97 Å². The van der Waals surface area contributed by atoms with E-state index in [2.05, 4.69) is 11.1 Å². The van der Waals surface area contributed by atoms with Gasteiger partial charge in [-0.15, -0.1) is 0 Å². The van der Waals surface area contributed by atoms with Crippen molar-refractivity contribution in [3.8, 4) is 6.07 Å². The van der Waals surface area contributed by atoms with Gasteiger partial charge in [0.2, 0.25) is 0 Å². The maximum Gasteiger partial charge on any atom is 0.329 e. The number of hydrogen-bond acceptors (Lipinski definition) is 6. The van der Waals surface area contributed by atoms with Crippen LogP contribution in [0, 0.1) is 11.3 Å². The minimum atomic E-state index is -1.13. The van der Waals surface area contributed by atoms with E-state index in [1.54, 1.807) is 0 Å². The second-order valence-electron chi connectivity index (χ2n) is 7.00. The maximum atomic E-state index is 12.7. The fraction of sp³-hybridized carbons (Fsp3) is 0.333. The van der Waals surface area contributed by atoms with Gasteiger partial charge in [0.25, 0.3) is 0 Å². The number of benzene rings is 2. The average molecular weight is 402 g/mol. The van der Waals surface area contributed by atoms with Gasteiger partial charge in [-0.2, -0.15) is 5.26 Å². The van der Waals surface area contributed by atoms with Crippen LogP contribution in [0.5, 0.6) is 0 Å². The number of unbranched alkanes of at least 4 members (excludes halogenated alkanes) is 1. The Labute approximate surface area is 177 Å². The third kappa shape index (κ3) is 4.93. The number of fused-ring (bicyclic) bond motifs is 1. The van der Waals surface area contributed by atoms with Crippen molar-refractivity contribution < 1.29 is 9.53 Å². The van der Waals surface area contributed by atoms with Crippen molar-refractivity contribution in [2.75, 3.05) is 18.1 Å². The standard InChI is InChI=1S/C24H26N4O2/c1-3-5-15-30-24(29)19(16-25)22-23(27-21-14-10-9-13-20(21)26-22)28(4-2)17-18-11-7-6-8-12-18/h6-14,19H,3-5,15,17H2,1-2H3/t19-/m0/s1. The summed E-state index contributed by atoms with van der Waals surface area (Å²) < 4.78 is 5.34. The Hall–Kier alpha value is -3.46. The zero-order valence-corrected chi connectivity index (χ0v) is 17.4. The quantitative estimate of drug-likeness (QED) is 0.384. The summed E-state index contributed by atoms with van der Waals surface area (Å²) >= 11 is 0. The third-order valence-corrected chi connectivity index (χ3v) is 4.86. The van der Waals surface area contributed by atoms with Crippen LogP contribution < -0.4 is 4.90 Å². The molecule has 0 N–H and O–H groups in total. The lowest BCUT2D eigenvalue weighted by molar-refractivity contribution is -0.144. The summed E-state index contributed by atoms with van der Waals surface area (Å²) in [7, 11) is 0. The van der Waals surface area contributed by atoms with Gasteiger partial charge in [-0.25, -0.2) is 9.97 Å². The van der Waals surface area contributed by atoms with Crippen molar-refractivity contribution in [2.24, 2.45) is 0 Å². The molecule has 0 aliphatic rings. The predicted octanol–water partition coefficient (Wildman–Crippen LogP) is 4.61. The maximum absolute atomic E-state index is 12.7. The molecule has 154 valence electrons. The summed E-state index contributed by atoms with van der Waals surface area (Å²) in [5, 5.41) is 9.81. The second kappa shape index (κ2) is 10.4. The van der Waals surface area contributed by atoms with Crippen LogP contribution in [-0.4, -0.2) is 29.1 Å². The number of rotatable bonds is 9. The van der Waals surface area contributed by atoms with Gasteiger partial charge in [0, 0.05) is 13.1 Å². The van der Waals surface area contributed by atoms with Crippen molar-refractivity contribution in [2.45, 2.75) is 39.2 Å². The van der Waals surface area contributed by atoms with Crippen molar-refractivity contribution in [1.82, 2.24) is 9.97 Å². The van der Waals surface area contributed by atoms with E-state index in [1.807, 2.05) is 73.3 Å². The van der Waals surface area contributed by atoms with Crippen LogP contribution in [-0.2, 0) is 16.1 Å². The molecule has 0 amide bonds. The van der Waals surface area contributed by atoms with Crippen LogP contribution in [0.4, 0.5) is 5.82 Å². The molecule has 0 bridgehead atoms. The smallest absolute Gasteiger partial charge is 0.329 e. The molecule has 3 aromatic rings. The number of nitrogens with zero attached hydrogens (tertiary/aromatic N) is 4. The van der Waals surface area contributed by atoms with Crippen LogP contribution in [0.2, 0.25) is 0 Å². The highest BCUT2D eigenvalue weighted by atomic mass is 16.5. The van der Waals surface area contributed by atoms with Crippen LogP contribution in [0.25, 0.3) is 11.0 Å². The molecule has 30 heavy (non-hydrogen) atoms. The van der Waals surface area contributed by atoms with Gasteiger partial charge < -0.3 is 9.64 Å². The predicted molar refractivity (Wildman–Crippen MR) is 117 cm³/mol. The highest BCUT2D eigenvalue weighted by molar-refractivity contribution is 5.85. The molecule has 6 nitrogen and oxygen atoms in total. The number of esters is 1. The Morgan fingerprint density at radius 3 is 2.37 bits per heavy atom. The van der Waals surface area contributed by atoms with E-state index in [9.17, 15) is 10.1 Å². The number of aromatic nitrogens is 2. The van der Waals surface area contributed by atoms with Crippen molar-refractivity contribution >= 4 is 22.8 Å². The number of ether oxygens (including phenoxy) is 1. The third-order valence-electron chi connectivity index (χ3n) is 4.86. The number of carbonyl (C=O) groups is 1. The largest absolute Gasteiger partial charge is 0.464 e. The normalized spacial score (nSPS) is 11.6. The zero-order valence-electron chi connectivity index (χ0n) is 17.4. The fourth-order valence-corrected chi connectivity index (χ4v) is 3.20. The Morgan fingerprint density at radius 1 is 1.07 bits per heavy atom. The highest BCUT2D eigenvalue weighted by Crippen LogP contribution is 2.29. The van der Waals surface area contributed by atoms with E-state index in [1.165, 1.54) is 0 Å². The summed E-state index contributed by atoms with van der Waals surface area (Å²) in [6, 6.07) is 19.6. The van der Waals surface area contributed by atoms with Crippen LogP contribution >= 0.6 is 0 Å². The first-order valence-electron chi connectivity index (χ1n) is 10.3. The number of hydrogen-bond donors (Lipinski definition) is 0. The molecule has 0 saturated heterocycles. The minimum Gasteiger partial charge on any atom is -0.464 e. The summed E-state index contributed by atoms with van der Waals surface area (Å²) in [4.78, 5) is 24.2. The number of carbonyl (C=O) groups excluding carboxylic acids is 1. The Kier molecular flexibility index (Phi) is 7.34. The van der Waals surface area contributed by atoms with E-state index >= 15 is 0 Å². The summed E-state index contributed by atoms with van der Waals surface area (Å²) in [5.41, 5.74) is 2.82. The van der Waals surface area contributed by atoms with E-state index < -0.39 is 11.9 Å². The first-order chi connectivity index (χ1) is 14.7. The first-order valence-corrected chi connectivity index (χ1v) is 10.3. The molecule has 1 aromatic heterocycles. The molecule has 1 heterocycles. The molecule has 0 aliphatic carbocycles. The fourth-order valence-electron chi connectivity index (χ4n) is 3.20. The van der Waals surface area contributed by atoms with Crippen molar-refractivity contribution in [3.05, 3.63) is 65.9 Å². The molecule has 0 saturated carbocycles. The lowest BCUT2D eigenvalue weighted by Crippen LogP contribution is -2.27. The number of nitriles is 1. The van der Waals surface area contributed by atoms with Gasteiger partial charge in [-0.1, -0.05) is 55.8 Å². The first kappa shape index (κ1) is 21.3. The average Bonchev–Trinajstić information content (AvgIpc) is 2.78. The van der Waals surface area contributed by atoms with E-state index in [4.69, 9.17) is 9.72 Å². The monoisotopic (exact) mass is 402 g/mol. The Morgan fingerprint density at radius 2 is 1.73 bits per heavy atom. The molecule has 0 aliphatic heterocycles. The van der Waals surface area contributed by atoms with Crippen LogP contribution in [0.3, 0.4) is 0 Å². The summed E-state index contributed by atoms with van der Waals surface area (Å²) in [6.45, 7) is 5.58. The van der Waals surface area contributed by atoms with Gasteiger partial charge in [0.1, 0.15) is 5.69 Å². The second-order valence-corrected chi connectivity index (χ2v) is 7.00. The minimum absolute atomic E-state index is 0.297. The summed E-state index contributed by atoms with van der Waals surface area (Å²) in [6.07, 6.45) is 1.67. The van der Waals surface area contributed by atoms with Crippen LogP contribution in [0.1, 0.15) is 43.9 Å². The molecule has 0 fully saturated rings. The van der Waals surface area contributed by atoms with Gasteiger partial charge in [0.05, 0.1) is 23.7 Å². The van der Waals surface area contributed by atoms with Crippen molar-refractivity contribution in [3.63, 3.8) is 0 Å². The lowest BCUT2D eigenvalue weighted by Gasteiger charge is -2.25. The van der Waals surface area contributed by atoms with Crippen molar-refractivity contribution in [1.29, 1.82) is 5.26 Å². The molecular weight excluding hydrogens is 376 g/mol. The van der Waals surface area contributed by atoms with Crippen LogP contribution in [0.15, 0.2) is 54.6 Å². The van der Waals surface area contributed by atoms with E-state index in [-0.39, 0.29) is 0 Å². The molecule has 3 rings (SSSR count). The van der Waals surface area contributed by atoms with E-state index in [0.717, 1.165) is 23.9 Å². The molecule has 0 radical (unpaired) electrons. The highest BCUT2D eigenvalue weighted by Gasteiger charge is 2.29. The molecule has 1 atom stereocenters. The molecule has 0 unspecified atom stereocenters. The molecule has 6 heteroatoms. The Balaban J connectivity index is 2.04. The van der Waals surface area contributed by atoms with Gasteiger partial charge in [-0.05, 0) is 31.0 Å². The lowest BCUT2D eigenvalue weighted by atomic mass is 10.1.